The maximum absolute atomic E-state index is 5.35. The fraction of sp³-hybridized carbons (Fsp3) is 1.00. The zero-order chi connectivity index (χ0) is 7.23. The Labute approximate surface area is 61.9 Å². The second kappa shape index (κ2) is 4.66. The van der Waals surface area contributed by atoms with Gasteiger partial charge in [0.15, 0.2) is 0 Å². The van der Waals surface area contributed by atoms with Crippen molar-refractivity contribution in [1.29, 1.82) is 0 Å². The molecule has 3 heteroatoms. The molecule has 0 N–H and O–H groups in total. The van der Waals surface area contributed by atoms with E-state index in [0.29, 0.717) is 13.2 Å². The average molecular weight is 145 g/mol. The van der Waals surface area contributed by atoms with Crippen LogP contribution in [-0.4, -0.2) is 38.5 Å². The van der Waals surface area contributed by atoms with Crippen molar-refractivity contribution in [2.24, 2.45) is 0 Å². The van der Waals surface area contributed by atoms with Crippen molar-refractivity contribution in [3.63, 3.8) is 0 Å². The molecule has 1 rings (SSSR count). The predicted molar refractivity (Wildman–Crippen MR) is 38.6 cm³/mol. The molecule has 60 valence electrons. The van der Waals surface area contributed by atoms with Crippen LogP contribution >= 0.6 is 0 Å². The van der Waals surface area contributed by atoms with Crippen LogP contribution < -0.4 is 0 Å². The Balaban J connectivity index is 1.91. The third-order valence-corrected chi connectivity index (χ3v) is 1.63. The number of methoxy groups -OCH3 is 1. The van der Waals surface area contributed by atoms with E-state index in [4.69, 9.17) is 9.57 Å². The van der Waals surface area contributed by atoms with Gasteiger partial charge in [0.2, 0.25) is 0 Å². The van der Waals surface area contributed by atoms with Crippen molar-refractivity contribution in [2.45, 2.75) is 12.8 Å². The lowest BCUT2D eigenvalue weighted by atomic mass is 10.4. The Bertz CT molecular complexity index is 81.7. The zero-order valence-electron chi connectivity index (χ0n) is 6.51. The minimum Gasteiger partial charge on any atom is -0.382 e. The lowest BCUT2D eigenvalue weighted by Crippen LogP contribution is -2.21. The van der Waals surface area contributed by atoms with Crippen LogP contribution in [0.3, 0.4) is 0 Å². The van der Waals surface area contributed by atoms with Gasteiger partial charge >= 0.3 is 0 Å². The lowest BCUT2D eigenvalue weighted by Gasteiger charge is -2.13. The van der Waals surface area contributed by atoms with Crippen molar-refractivity contribution in [2.75, 3.05) is 33.4 Å². The van der Waals surface area contributed by atoms with Crippen LogP contribution in [0.2, 0.25) is 0 Å². The van der Waals surface area contributed by atoms with Crippen molar-refractivity contribution in [1.82, 2.24) is 5.06 Å². The van der Waals surface area contributed by atoms with E-state index in [1.54, 1.807) is 7.11 Å². The summed E-state index contributed by atoms with van der Waals surface area (Å²) in [6.07, 6.45) is 2.54. The third kappa shape index (κ3) is 2.64. The summed E-state index contributed by atoms with van der Waals surface area (Å²) < 4.78 is 4.85. The minimum atomic E-state index is 0.691. The maximum Gasteiger partial charge on any atom is 0.0918 e. The quantitative estimate of drug-likeness (QED) is 0.542. The van der Waals surface area contributed by atoms with Gasteiger partial charge in [0.1, 0.15) is 0 Å². The second-order valence-electron chi connectivity index (χ2n) is 2.46. The van der Waals surface area contributed by atoms with E-state index >= 15 is 0 Å². The van der Waals surface area contributed by atoms with Crippen LogP contribution in [-0.2, 0) is 9.57 Å². The summed E-state index contributed by atoms with van der Waals surface area (Å²) in [4.78, 5) is 5.35. The topological polar surface area (TPSA) is 21.7 Å². The lowest BCUT2D eigenvalue weighted by molar-refractivity contribution is -0.152. The maximum atomic E-state index is 5.35. The molecule has 1 fully saturated rings. The SMILES string of the molecule is COCCON1CCCC1. The highest BCUT2D eigenvalue weighted by Crippen LogP contribution is 2.06. The fourth-order valence-corrected chi connectivity index (χ4v) is 1.07. The average Bonchev–Trinajstić information content (AvgIpc) is 2.41. The first-order valence-corrected chi connectivity index (χ1v) is 3.80. The van der Waals surface area contributed by atoms with Crippen molar-refractivity contribution >= 4 is 0 Å². The molecule has 0 amide bonds. The summed E-state index contributed by atoms with van der Waals surface area (Å²) in [6.45, 7) is 3.56. The summed E-state index contributed by atoms with van der Waals surface area (Å²) in [5.41, 5.74) is 0. The molecular formula is C7H15NO2. The molecule has 10 heavy (non-hydrogen) atoms. The summed E-state index contributed by atoms with van der Waals surface area (Å²) in [5.74, 6) is 0. The third-order valence-electron chi connectivity index (χ3n) is 1.63. The molecule has 1 heterocycles. The number of hydrogen-bond acceptors (Lipinski definition) is 3. The summed E-state index contributed by atoms with van der Waals surface area (Å²) in [5, 5.41) is 2.01. The Kier molecular flexibility index (Phi) is 3.72. The Hall–Kier alpha value is -0.120. The Morgan fingerprint density at radius 3 is 2.50 bits per heavy atom. The Morgan fingerprint density at radius 1 is 1.20 bits per heavy atom. The summed E-state index contributed by atoms with van der Waals surface area (Å²) >= 11 is 0. The molecular weight excluding hydrogens is 130 g/mol. The van der Waals surface area contributed by atoms with E-state index < -0.39 is 0 Å². The molecule has 3 nitrogen and oxygen atoms in total. The molecule has 1 saturated heterocycles. The van der Waals surface area contributed by atoms with Gasteiger partial charge in [0, 0.05) is 20.2 Å². The number of rotatable bonds is 4. The van der Waals surface area contributed by atoms with Crippen molar-refractivity contribution < 1.29 is 9.57 Å². The van der Waals surface area contributed by atoms with Crippen molar-refractivity contribution in [3.05, 3.63) is 0 Å². The first kappa shape index (κ1) is 7.98. The van der Waals surface area contributed by atoms with Gasteiger partial charge in [0.25, 0.3) is 0 Å². The molecule has 0 bridgehead atoms. The summed E-state index contributed by atoms with van der Waals surface area (Å²) in [7, 11) is 1.69. The first-order valence-electron chi connectivity index (χ1n) is 3.80. The van der Waals surface area contributed by atoms with Crippen LogP contribution in [0.15, 0.2) is 0 Å². The van der Waals surface area contributed by atoms with E-state index in [2.05, 4.69) is 0 Å². The molecule has 0 unspecified atom stereocenters. The normalized spacial score (nSPS) is 20.1. The molecule has 0 spiro atoms. The summed E-state index contributed by atoms with van der Waals surface area (Å²) in [6, 6.07) is 0. The number of ether oxygens (including phenoxy) is 1. The van der Waals surface area contributed by atoms with E-state index in [0.717, 1.165) is 13.1 Å². The van der Waals surface area contributed by atoms with Gasteiger partial charge < -0.3 is 4.74 Å². The van der Waals surface area contributed by atoms with Crippen LogP contribution in [0, 0.1) is 0 Å². The number of nitrogens with zero attached hydrogens (tertiary/aromatic N) is 1. The highest BCUT2D eigenvalue weighted by molar-refractivity contribution is 4.56. The molecule has 0 aliphatic carbocycles. The highest BCUT2D eigenvalue weighted by atomic mass is 16.7. The fourth-order valence-electron chi connectivity index (χ4n) is 1.07. The van der Waals surface area contributed by atoms with Gasteiger partial charge in [-0.15, -0.1) is 0 Å². The number of hydrogen-bond donors (Lipinski definition) is 0. The van der Waals surface area contributed by atoms with Gasteiger partial charge in [-0.25, -0.2) is 0 Å². The van der Waals surface area contributed by atoms with Gasteiger partial charge in [-0.3, -0.25) is 4.84 Å². The van der Waals surface area contributed by atoms with E-state index in [-0.39, 0.29) is 0 Å². The van der Waals surface area contributed by atoms with Crippen molar-refractivity contribution in [3.8, 4) is 0 Å². The minimum absolute atomic E-state index is 0.691. The smallest absolute Gasteiger partial charge is 0.0918 e. The van der Waals surface area contributed by atoms with Gasteiger partial charge in [-0.05, 0) is 12.8 Å². The van der Waals surface area contributed by atoms with Gasteiger partial charge in [0.05, 0.1) is 13.2 Å². The number of hydroxylamine groups is 2. The van der Waals surface area contributed by atoms with Crippen LogP contribution in [0.1, 0.15) is 12.8 Å². The molecule has 0 aromatic rings. The monoisotopic (exact) mass is 145 g/mol. The zero-order valence-corrected chi connectivity index (χ0v) is 6.51. The van der Waals surface area contributed by atoms with E-state index in [1.807, 2.05) is 5.06 Å². The molecule has 0 aromatic carbocycles. The standard InChI is InChI=1S/C7H15NO2/c1-9-6-7-10-8-4-2-3-5-8/h2-7H2,1H3. The van der Waals surface area contributed by atoms with E-state index in [1.165, 1.54) is 12.8 Å². The predicted octanol–water partition coefficient (Wildman–Crippen LogP) is 0.660. The van der Waals surface area contributed by atoms with Gasteiger partial charge in [-0.2, -0.15) is 5.06 Å². The molecule has 0 radical (unpaired) electrons. The van der Waals surface area contributed by atoms with E-state index in [9.17, 15) is 0 Å². The van der Waals surface area contributed by atoms with Crippen LogP contribution in [0.5, 0.6) is 0 Å². The molecule has 0 saturated carbocycles. The molecule has 1 aliphatic rings. The largest absolute Gasteiger partial charge is 0.382 e. The van der Waals surface area contributed by atoms with Crippen LogP contribution in [0.25, 0.3) is 0 Å². The van der Waals surface area contributed by atoms with Crippen LogP contribution in [0.4, 0.5) is 0 Å². The highest BCUT2D eigenvalue weighted by Gasteiger charge is 2.10. The first-order chi connectivity index (χ1) is 4.93. The molecule has 0 atom stereocenters. The second-order valence-corrected chi connectivity index (χ2v) is 2.46. The molecule has 1 aliphatic heterocycles. The Morgan fingerprint density at radius 2 is 1.90 bits per heavy atom. The van der Waals surface area contributed by atoms with Gasteiger partial charge in [-0.1, -0.05) is 0 Å². The molecule has 0 aromatic heterocycles.